The lowest BCUT2D eigenvalue weighted by Crippen LogP contribution is -2.50. The second kappa shape index (κ2) is 4.06. The average Bonchev–Trinajstić information content (AvgIpc) is 2.91. The molecule has 1 aliphatic heterocycles. The summed E-state index contributed by atoms with van der Waals surface area (Å²) in [5, 5.41) is 3.46. The molecule has 0 aromatic rings. The van der Waals surface area contributed by atoms with E-state index in [1.165, 1.54) is 45.2 Å². The van der Waals surface area contributed by atoms with Crippen molar-refractivity contribution in [3.05, 3.63) is 0 Å². The van der Waals surface area contributed by atoms with Gasteiger partial charge in [-0.1, -0.05) is 6.42 Å². The van der Waals surface area contributed by atoms with Gasteiger partial charge in [0.2, 0.25) is 0 Å². The lowest BCUT2D eigenvalue weighted by atomic mass is 9.92. The van der Waals surface area contributed by atoms with E-state index in [0.717, 1.165) is 23.9 Å². The van der Waals surface area contributed by atoms with Gasteiger partial charge in [0.25, 0.3) is 0 Å². The van der Waals surface area contributed by atoms with Gasteiger partial charge in [-0.2, -0.15) is 0 Å². The first-order chi connectivity index (χ1) is 7.36. The zero-order chi connectivity index (χ0) is 10.3. The third-order valence-corrected chi connectivity index (χ3v) is 5.03. The molecule has 3 aliphatic rings. The Kier molecular flexibility index (Phi) is 2.73. The highest BCUT2D eigenvalue weighted by Crippen LogP contribution is 2.46. The van der Waals surface area contributed by atoms with Crippen LogP contribution in [-0.2, 0) is 0 Å². The summed E-state index contributed by atoms with van der Waals surface area (Å²) in [6.07, 6.45) is 8.90. The summed E-state index contributed by atoms with van der Waals surface area (Å²) in [5.74, 6) is 2.15. The van der Waals surface area contributed by atoms with Crippen molar-refractivity contribution in [2.75, 3.05) is 20.1 Å². The van der Waals surface area contributed by atoms with Gasteiger partial charge >= 0.3 is 0 Å². The number of nitrogens with one attached hydrogen (secondary N) is 1. The van der Waals surface area contributed by atoms with E-state index in [1.54, 1.807) is 6.42 Å². The van der Waals surface area contributed by atoms with Gasteiger partial charge in [0, 0.05) is 18.6 Å². The minimum absolute atomic E-state index is 0.762. The molecule has 3 rings (SSSR count). The molecule has 2 bridgehead atoms. The number of likely N-dealkylation sites (N-methyl/N-ethyl adjacent to an activating group) is 1. The molecule has 0 amide bonds. The Morgan fingerprint density at radius 2 is 2.07 bits per heavy atom. The van der Waals surface area contributed by atoms with Crippen LogP contribution in [0.5, 0.6) is 0 Å². The van der Waals surface area contributed by atoms with Crippen LogP contribution in [-0.4, -0.2) is 37.1 Å². The second-order valence-corrected chi connectivity index (χ2v) is 5.86. The molecule has 3 fully saturated rings. The Balaban J connectivity index is 1.62. The van der Waals surface area contributed by atoms with Crippen molar-refractivity contribution in [3.63, 3.8) is 0 Å². The smallest absolute Gasteiger partial charge is 0.0192 e. The zero-order valence-corrected chi connectivity index (χ0v) is 9.91. The molecule has 1 heterocycles. The molecule has 4 atom stereocenters. The topological polar surface area (TPSA) is 15.3 Å². The molecule has 86 valence electrons. The second-order valence-electron chi connectivity index (χ2n) is 5.86. The summed E-state index contributed by atoms with van der Waals surface area (Å²) >= 11 is 0. The Labute approximate surface area is 93.4 Å². The fourth-order valence-electron chi connectivity index (χ4n) is 4.20. The van der Waals surface area contributed by atoms with Crippen LogP contribution in [0, 0.1) is 11.8 Å². The van der Waals surface area contributed by atoms with Gasteiger partial charge in [-0.3, -0.25) is 4.90 Å². The molecule has 2 saturated carbocycles. The van der Waals surface area contributed by atoms with Crippen LogP contribution >= 0.6 is 0 Å². The molecule has 0 aromatic carbocycles. The lowest BCUT2D eigenvalue weighted by molar-refractivity contribution is 0.102. The summed E-state index contributed by atoms with van der Waals surface area (Å²) < 4.78 is 0. The number of likely N-dealkylation sites (tertiary alicyclic amines) is 1. The van der Waals surface area contributed by atoms with Gasteiger partial charge in [0.15, 0.2) is 0 Å². The summed E-state index contributed by atoms with van der Waals surface area (Å²) in [6.45, 7) is 2.68. The van der Waals surface area contributed by atoms with E-state index >= 15 is 0 Å². The maximum absolute atomic E-state index is 3.46. The Bertz CT molecular complexity index is 229. The minimum atomic E-state index is 0.762. The Hall–Kier alpha value is -0.0800. The average molecular weight is 208 g/mol. The summed E-state index contributed by atoms with van der Waals surface area (Å²) in [7, 11) is 2.12. The molecule has 0 spiro atoms. The van der Waals surface area contributed by atoms with Crippen molar-refractivity contribution in [3.8, 4) is 0 Å². The lowest BCUT2D eigenvalue weighted by Gasteiger charge is -2.40. The van der Waals surface area contributed by atoms with E-state index in [2.05, 4.69) is 17.3 Å². The van der Waals surface area contributed by atoms with E-state index in [0.29, 0.717) is 0 Å². The third-order valence-electron chi connectivity index (χ3n) is 5.03. The van der Waals surface area contributed by atoms with Crippen LogP contribution in [0.15, 0.2) is 0 Å². The van der Waals surface area contributed by atoms with Crippen molar-refractivity contribution in [2.24, 2.45) is 11.8 Å². The largest absolute Gasteiger partial charge is 0.316 e. The van der Waals surface area contributed by atoms with E-state index in [1.807, 2.05) is 0 Å². The number of piperidine rings is 1. The summed E-state index contributed by atoms with van der Waals surface area (Å²) in [4.78, 5) is 2.80. The number of hydrogen-bond donors (Lipinski definition) is 1. The standard InChI is InChI=1S/C13H24N2/c1-14-12-3-2-6-15(9-12)13-8-10-4-5-11(13)7-10/h10-14H,2-9H2,1H3. The van der Waals surface area contributed by atoms with E-state index < -0.39 is 0 Å². The number of hydrogen-bond acceptors (Lipinski definition) is 2. The van der Waals surface area contributed by atoms with Gasteiger partial charge in [0.1, 0.15) is 0 Å². The van der Waals surface area contributed by atoms with Gasteiger partial charge in [-0.25, -0.2) is 0 Å². The maximum Gasteiger partial charge on any atom is 0.0192 e. The monoisotopic (exact) mass is 208 g/mol. The fraction of sp³-hybridized carbons (Fsp3) is 1.00. The quantitative estimate of drug-likeness (QED) is 0.745. The van der Waals surface area contributed by atoms with Gasteiger partial charge in [-0.05, 0) is 57.5 Å². The molecule has 2 aliphatic carbocycles. The maximum atomic E-state index is 3.46. The number of rotatable bonds is 2. The van der Waals surface area contributed by atoms with Crippen LogP contribution in [0.3, 0.4) is 0 Å². The molecule has 2 nitrogen and oxygen atoms in total. The molecular formula is C13H24N2. The van der Waals surface area contributed by atoms with E-state index in [4.69, 9.17) is 0 Å². The molecular weight excluding hydrogens is 184 g/mol. The summed E-state index contributed by atoms with van der Waals surface area (Å²) in [5.41, 5.74) is 0. The van der Waals surface area contributed by atoms with Crippen LogP contribution in [0.1, 0.15) is 38.5 Å². The van der Waals surface area contributed by atoms with Crippen LogP contribution < -0.4 is 5.32 Å². The van der Waals surface area contributed by atoms with Crippen molar-refractivity contribution in [1.82, 2.24) is 10.2 Å². The highest BCUT2D eigenvalue weighted by molar-refractivity contribution is 4.97. The summed E-state index contributed by atoms with van der Waals surface area (Å²) in [6, 6.07) is 1.72. The SMILES string of the molecule is CNC1CCCN(C2CC3CCC2C3)C1. The predicted octanol–water partition coefficient (Wildman–Crippen LogP) is 1.86. The van der Waals surface area contributed by atoms with Crippen molar-refractivity contribution >= 4 is 0 Å². The highest BCUT2D eigenvalue weighted by atomic mass is 15.2. The Morgan fingerprint density at radius 3 is 2.73 bits per heavy atom. The zero-order valence-electron chi connectivity index (χ0n) is 9.91. The highest BCUT2D eigenvalue weighted by Gasteiger charge is 2.42. The molecule has 2 heteroatoms. The Morgan fingerprint density at radius 1 is 1.13 bits per heavy atom. The first-order valence-corrected chi connectivity index (χ1v) is 6.78. The molecule has 0 aromatic heterocycles. The third kappa shape index (κ3) is 1.83. The van der Waals surface area contributed by atoms with Crippen molar-refractivity contribution in [2.45, 2.75) is 50.6 Å². The van der Waals surface area contributed by atoms with Crippen LogP contribution in [0.2, 0.25) is 0 Å². The van der Waals surface area contributed by atoms with E-state index in [9.17, 15) is 0 Å². The van der Waals surface area contributed by atoms with Gasteiger partial charge in [0.05, 0.1) is 0 Å². The molecule has 1 N–H and O–H groups in total. The number of nitrogens with zero attached hydrogens (tertiary/aromatic N) is 1. The molecule has 15 heavy (non-hydrogen) atoms. The number of fused-ring (bicyclic) bond motifs is 2. The first kappa shape index (κ1) is 10.1. The normalized spacial score (nSPS) is 46.2. The van der Waals surface area contributed by atoms with Crippen molar-refractivity contribution < 1.29 is 0 Å². The van der Waals surface area contributed by atoms with Crippen LogP contribution in [0.25, 0.3) is 0 Å². The predicted molar refractivity (Wildman–Crippen MR) is 62.9 cm³/mol. The van der Waals surface area contributed by atoms with Gasteiger partial charge < -0.3 is 5.32 Å². The van der Waals surface area contributed by atoms with Crippen molar-refractivity contribution in [1.29, 1.82) is 0 Å². The molecule has 1 saturated heterocycles. The minimum Gasteiger partial charge on any atom is -0.316 e. The van der Waals surface area contributed by atoms with E-state index in [-0.39, 0.29) is 0 Å². The van der Waals surface area contributed by atoms with Gasteiger partial charge in [-0.15, -0.1) is 0 Å². The fourth-order valence-corrected chi connectivity index (χ4v) is 4.20. The van der Waals surface area contributed by atoms with Crippen LogP contribution in [0.4, 0.5) is 0 Å². The molecule has 0 radical (unpaired) electrons. The first-order valence-electron chi connectivity index (χ1n) is 6.78. The molecule has 4 unspecified atom stereocenters.